The quantitative estimate of drug-likeness (QED) is 0.681. The van der Waals surface area contributed by atoms with E-state index in [1.54, 1.807) is 38.1 Å². The summed E-state index contributed by atoms with van der Waals surface area (Å²) in [6.45, 7) is 4.76. The van der Waals surface area contributed by atoms with Crippen LogP contribution in [0.15, 0.2) is 53.1 Å². The van der Waals surface area contributed by atoms with Crippen molar-refractivity contribution >= 4 is 33.6 Å². The van der Waals surface area contributed by atoms with Crippen molar-refractivity contribution in [2.45, 2.75) is 25.7 Å². The van der Waals surface area contributed by atoms with Crippen LogP contribution in [0.5, 0.6) is 0 Å². The zero-order valence-corrected chi connectivity index (χ0v) is 16.1. The van der Waals surface area contributed by atoms with E-state index in [-0.39, 0.29) is 10.6 Å². The molecule has 0 atom stereocenters. The Kier molecular flexibility index (Phi) is 6.14. The third-order valence-electron chi connectivity index (χ3n) is 3.88. The van der Waals surface area contributed by atoms with E-state index in [2.05, 4.69) is 10.6 Å². The maximum Gasteiger partial charge on any atom is 0.272 e. The van der Waals surface area contributed by atoms with Crippen molar-refractivity contribution in [2.24, 2.45) is 5.14 Å². The molecule has 4 N–H and O–H groups in total. The van der Waals surface area contributed by atoms with Gasteiger partial charge >= 0.3 is 0 Å². The molecule has 0 aliphatic rings. The molecule has 0 aliphatic heterocycles. The Balaban J connectivity index is 2.42. The average molecular weight is 387 g/mol. The van der Waals surface area contributed by atoms with Crippen LogP contribution >= 0.6 is 0 Å². The van der Waals surface area contributed by atoms with Gasteiger partial charge in [-0.05, 0) is 48.7 Å². The maximum atomic E-state index is 12.7. The van der Waals surface area contributed by atoms with Crippen LogP contribution in [-0.2, 0) is 19.6 Å². The molecular formula is C19H21N3O4S. The Hall–Kier alpha value is -2.97. The Morgan fingerprint density at radius 1 is 1.07 bits per heavy atom. The molecule has 0 aliphatic carbocycles. The van der Waals surface area contributed by atoms with Gasteiger partial charge in [0.2, 0.25) is 15.9 Å². The van der Waals surface area contributed by atoms with Crippen molar-refractivity contribution in [2.75, 3.05) is 5.32 Å². The van der Waals surface area contributed by atoms with Crippen LogP contribution in [0.2, 0.25) is 0 Å². The highest BCUT2D eigenvalue weighted by molar-refractivity contribution is 7.89. The first-order valence-corrected chi connectivity index (χ1v) is 9.62. The lowest BCUT2D eigenvalue weighted by molar-refractivity contribution is -0.120. The second-order valence-electron chi connectivity index (χ2n) is 6.06. The molecule has 0 heterocycles. The summed E-state index contributed by atoms with van der Waals surface area (Å²) in [4.78, 5) is 24.1. The molecule has 2 aromatic carbocycles. The van der Waals surface area contributed by atoms with Gasteiger partial charge in [-0.3, -0.25) is 9.59 Å². The molecule has 0 unspecified atom stereocenters. The molecule has 0 aromatic heterocycles. The van der Waals surface area contributed by atoms with Gasteiger partial charge in [0.1, 0.15) is 5.70 Å². The number of nitrogens with two attached hydrogens (primary N) is 1. The number of hydrogen-bond acceptors (Lipinski definition) is 4. The number of carbonyl (C=O) groups is 2. The van der Waals surface area contributed by atoms with Crippen molar-refractivity contribution in [1.29, 1.82) is 0 Å². The summed E-state index contributed by atoms with van der Waals surface area (Å²) in [7, 11) is -3.92. The first-order valence-electron chi connectivity index (χ1n) is 8.07. The molecule has 2 amide bonds. The minimum atomic E-state index is -3.92. The number of rotatable bonds is 5. The van der Waals surface area contributed by atoms with Gasteiger partial charge in [-0.15, -0.1) is 0 Å². The van der Waals surface area contributed by atoms with Crippen LogP contribution in [0.25, 0.3) is 6.08 Å². The van der Waals surface area contributed by atoms with Gasteiger partial charge in [-0.2, -0.15) is 0 Å². The molecule has 0 spiro atoms. The lowest BCUT2D eigenvalue weighted by Crippen LogP contribution is -2.29. The van der Waals surface area contributed by atoms with Crippen LogP contribution in [-0.4, -0.2) is 20.2 Å². The van der Waals surface area contributed by atoms with Crippen molar-refractivity contribution in [1.82, 2.24) is 5.32 Å². The fourth-order valence-electron chi connectivity index (χ4n) is 2.37. The third kappa shape index (κ3) is 5.50. The minimum absolute atomic E-state index is 0.0340. The first kappa shape index (κ1) is 20.3. The smallest absolute Gasteiger partial charge is 0.272 e. The largest absolute Gasteiger partial charge is 0.322 e. The summed E-state index contributed by atoms with van der Waals surface area (Å²) >= 11 is 0. The molecular weight excluding hydrogens is 366 g/mol. The van der Waals surface area contributed by atoms with Crippen molar-refractivity contribution < 1.29 is 18.0 Å². The summed E-state index contributed by atoms with van der Waals surface area (Å²) < 4.78 is 23.3. The number of aryl methyl sites for hydroxylation is 1. The topological polar surface area (TPSA) is 118 Å². The number of carbonyl (C=O) groups excluding carboxylic acids is 2. The Morgan fingerprint density at radius 3 is 2.26 bits per heavy atom. The molecule has 0 saturated carbocycles. The number of benzene rings is 2. The summed E-state index contributed by atoms with van der Waals surface area (Å²) in [6, 6.07) is 11.7. The zero-order chi connectivity index (χ0) is 20.2. The van der Waals surface area contributed by atoms with Crippen LogP contribution < -0.4 is 15.8 Å². The molecule has 7 nitrogen and oxygen atoms in total. The Bertz CT molecular complexity index is 1010. The first-order chi connectivity index (χ1) is 12.6. The second kappa shape index (κ2) is 8.15. The van der Waals surface area contributed by atoms with Gasteiger partial charge in [0.05, 0.1) is 4.90 Å². The van der Waals surface area contributed by atoms with Crippen LogP contribution in [0.1, 0.15) is 23.6 Å². The van der Waals surface area contributed by atoms with Crippen LogP contribution in [0, 0.1) is 13.8 Å². The van der Waals surface area contributed by atoms with E-state index in [0.717, 1.165) is 5.56 Å². The van der Waals surface area contributed by atoms with E-state index in [9.17, 15) is 18.0 Å². The minimum Gasteiger partial charge on any atom is -0.322 e. The number of primary sulfonamides is 1. The lowest BCUT2D eigenvalue weighted by atomic mass is 10.1. The van der Waals surface area contributed by atoms with E-state index >= 15 is 0 Å². The highest BCUT2D eigenvalue weighted by atomic mass is 32.2. The Labute approximate surface area is 158 Å². The monoisotopic (exact) mass is 387 g/mol. The predicted molar refractivity (Wildman–Crippen MR) is 104 cm³/mol. The molecule has 8 heteroatoms. The second-order valence-corrected chi connectivity index (χ2v) is 7.62. The fraction of sp³-hybridized carbons (Fsp3) is 0.158. The molecule has 0 bridgehead atoms. The van der Waals surface area contributed by atoms with Crippen molar-refractivity contribution in [3.05, 3.63) is 64.9 Å². The molecule has 0 saturated heterocycles. The highest BCUT2D eigenvalue weighted by Gasteiger charge is 2.17. The maximum absolute atomic E-state index is 12.7. The summed E-state index contributed by atoms with van der Waals surface area (Å²) in [5.41, 5.74) is 2.41. The number of hydrogen-bond donors (Lipinski definition) is 3. The number of sulfonamides is 1. The fourth-order valence-corrected chi connectivity index (χ4v) is 3.00. The van der Waals surface area contributed by atoms with Gasteiger partial charge in [-0.25, -0.2) is 13.6 Å². The Morgan fingerprint density at radius 2 is 1.70 bits per heavy atom. The highest BCUT2D eigenvalue weighted by Crippen LogP contribution is 2.24. The lowest BCUT2D eigenvalue weighted by Gasteiger charge is -2.14. The molecule has 0 radical (unpaired) electrons. The van der Waals surface area contributed by atoms with Crippen LogP contribution in [0.3, 0.4) is 0 Å². The normalized spacial score (nSPS) is 11.8. The van der Waals surface area contributed by atoms with Crippen molar-refractivity contribution in [3.63, 3.8) is 0 Å². The van der Waals surface area contributed by atoms with E-state index in [1.165, 1.54) is 25.1 Å². The van der Waals surface area contributed by atoms with E-state index < -0.39 is 21.8 Å². The zero-order valence-electron chi connectivity index (χ0n) is 15.2. The van der Waals surface area contributed by atoms with E-state index in [0.29, 0.717) is 16.8 Å². The van der Waals surface area contributed by atoms with Crippen molar-refractivity contribution in [3.8, 4) is 0 Å². The summed E-state index contributed by atoms with van der Waals surface area (Å²) in [5, 5.41) is 10.3. The average Bonchev–Trinajstić information content (AvgIpc) is 2.57. The standard InChI is InChI=1S/C19H21N3O4S/c1-12-9-16(27(20,25)26)11-17(13(12)2)22-19(24)18(21-14(3)23)10-15-7-5-4-6-8-15/h4-11H,1-3H3,(H,21,23)(H,22,24)(H2,20,25,26)/b18-10-. The number of amides is 2. The molecule has 27 heavy (non-hydrogen) atoms. The number of nitrogens with one attached hydrogen (secondary N) is 2. The summed E-state index contributed by atoms with van der Waals surface area (Å²) in [6.07, 6.45) is 1.53. The third-order valence-corrected chi connectivity index (χ3v) is 4.78. The van der Waals surface area contributed by atoms with Gasteiger partial charge < -0.3 is 10.6 Å². The molecule has 2 rings (SSSR count). The van der Waals surface area contributed by atoms with E-state index in [1.807, 2.05) is 6.07 Å². The molecule has 2 aromatic rings. The number of anilines is 1. The predicted octanol–water partition coefficient (Wildman–Crippen LogP) is 2.07. The molecule has 0 fully saturated rings. The van der Waals surface area contributed by atoms with Gasteiger partial charge in [0.15, 0.2) is 0 Å². The SMILES string of the molecule is CC(=O)N/C(=C\c1ccccc1)C(=O)Nc1cc(S(N)(=O)=O)cc(C)c1C. The van der Waals surface area contributed by atoms with E-state index in [4.69, 9.17) is 5.14 Å². The van der Waals surface area contributed by atoms with Gasteiger partial charge in [0, 0.05) is 12.6 Å². The van der Waals surface area contributed by atoms with Gasteiger partial charge in [-0.1, -0.05) is 30.3 Å². The molecule has 142 valence electrons. The van der Waals surface area contributed by atoms with Gasteiger partial charge in [0.25, 0.3) is 5.91 Å². The summed E-state index contributed by atoms with van der Waals surface area (Å²) in [5.74, 6) is -0.985. The van der Waals surface area contributed by atoms with Crippen LogP contribution in [0.4, 0.5) is 5.69 Å².